The van der Waals surface area contributed by atoms with Crippen LogP contribution in [-0.4, -0.2) is 19.1 Å². The summed E-state index contributed by atoms with van der Waals surface area (Å²) in [5.41, 5.74) is 3.27. The van der Waals surface area contributed by atoms with E-state index >= 15 is 0 Å². The quantitative estimate of drug-likeness (QED) is 0.786. The Kier molecular flexibility index (Phi) is 3.96. The minimum absolute atomic E-state index is 0.702. The van der Waals surface area contributed by atoms with Gasteiger partial charge in [0.25, 0.3) is 0 Å². The lowest BCUT2D eigenvalue weighted by atomic mass is 10.2. The lowest BCUT2D eigenvalue weighted by Gasteiger charge is -2.09. The maximum atomic E-state index is 4.48. The van der Waals surface area contributed by atoms with Gasteiger partial charge >= 0.3 is 0 Å². The summed E-state index contributed by atoms with van der Waals surface area (Å²) < 4.78 is 6.19. The Bertz CT molecular complexity index is 731. The van der Waals surface area contributed by atoms with E-state index in [0.29, 0.717) is 6.54 Å². The van der Waals surface area contributed by atoms with Crippen molar-refractivity contribution >= 4 is 16.7 Å². The largest absolute Gasteiger partial charge is 0.356 e. The molecule has 0 aliphatic carbocycles. The molecule has 1 aromatic carbocycles. The molecule has 5 nitrogen and oxygen atoms in total. The minimum atomic E-state index is 0.702. The van der Waals surface area contributed by atoms with Crippen LogP contribution >= 0.6 is 11.5 Å². The number of benzene rings is 1. The molecule has 6 heteroatoms. The fourth-order valence-corrected chi connectivity index (χ4v) is 2.72. The third-order valence-electron chi connectivity index (χ3n) is 3.18. The third-order valence-corrected chi connectivity index (χ3v) is 3.89. The second-order valence-corrected chi connectivity index (χ2v) is 5.51. The van der Waals surface area contributed by atoms with Gasteiger partial charge in [0, 0.05) is 30.7 Å². The summed E-state index contributed by atoms with van der Waals surface area (Å²) in [5.74, 6) is 0.887. The molecule has 21 heavy (non-hydrogen) atoms. The predicted octanol–water partition coefficient (Wildman–Crippen LogP) is 3.21. The van der Waals surface area contributed by atoms with E-state index < -0.39 is 0 Å². The molecule has 0 atom stereocenters. The van der Waals surface area contributed by atoms with Crippen LogP contribution in [0.3, 0.4) is 0 Å². The van der Waals surface area contributed by atoms with Crippen LogP contribution in [0.15, 0.2) is 36.5 Å². The first kappa shape index (κ1) is 13.8. The van der Waals surface area contributed by atoms with Crippen molar-refractivity contribution in [2.45, 2.75) is 26.8 Å². The lowest BCUT2D eigenvalue weighted by molar-refractivity contribution is 0.848. The molecule has 108 valence electrons. The zero-order valence-corrected chi connectivity index (χ0v) is 12.9. The zero-order valence-electron chi connectivity index (χ0n) is 12.1. The summed E-state index contributed by atoms with van der Waals surface area (Å²) in [6, 6.07) is 10.2. The normalized spacial score (nSPS) is 10.8. The first-order chi connectivity index (χ1) is 10.3. The van der Waals surface area contributed by atoms with E-state index in [1.54, 1.807) is 0 Å². The average molecular weight is 299 g/mol. The van der Waals surface area contributed by atoms with Crippen LogP contribution in [0.2, 0.25) is 0 Å². The Morgan fingerprint density at radius 3 is 2.81 bits per heavy atom. The molecule has 0 spiro atoms. The lowest BCUT2D eigenvalue weighted by Crippen LogP contribution is -2.05. The summed E-state index contributed by atoms with van der Waals surface area (Å²) in [6.07, 6.45) is 2.84. The van der Waals surface area contributed by atoms with Gasteiger partial charge in [0.05, 0.1) is 11.4 Å². The molecule has 3 aromatic rings. The maximum Gasteiger partial charge on any atom is 0.202 e. The van der Waals surface area contributed by atoms with E-state index in [4.69, 9.17) is 0 Å². The number of rotatable bonds is 5. The number of hydrogen-bond donors (Lipinski definition) is 1. The molecule has 0 fully saturated rings. The van der Waals surface area contributed by atoms with Crippen molar-refractivity contribution in [3.8, 4) is 5.69 Å². The molecule has 0 saturated carbocycles. The van der Waals surface area contributed by atoms with Crippen LogP contribution in [0, 0.1) is 6.92 Å². The molecule has 0 saturated heterocycles. The summed E-state index contributed by atoms with van der Waals surface area (Å²) in [7, 11) is 0. The Labute approximate surface area is 127 Å². The number of aromatic nitrogens is 4. The van der Waals surface area contributed by atoms with Gasteiger partial charge in [0.2, 0.25) is 5.13 Å². The number of hydrogen-bond acceptors (Lipinski definition) is 5. The van der Waals surface area contributed by atoms with Gasteiger partial charge in [-0.15, -0.1) is 0 Å². The molecule has 2 aromatic heterocycles. The van der Waals surface area contributed by atoms with E-state index in [1.165, 1.54) is 17.1 Å². The number of para-hydroxylation sites is 1. The Morgan fingerprint density at radius 2 is 2.10 bits per heavy atom. The van der Waals surface area contributed by atoms with Crippen molar-refractivity contribution in [3.05, 3.63) is 53.6 Å². The molecule has 2 heterocycles. The monoisotopic (exact) mass is 299 g/mol. The van der Waals surface area contributed by atoms with Gasteiger partial charge in [-0.3, -0.25) is 0 Å². The highest BCUT2D eigenvalue weighted by atomic mass is 32.1. The second-order valence-electron chi connectivity index (χ2n) is 4.75. The van der Waals surface area contributed by atoms with E-state index in [0.717, 1.165) is 28.8 Å². The maximum absolute atomic E-state index is 4.48. The van der Waals surface area contributed by atoms with Crippen molar-refractivity contribution < 1.29 is 0 Å². The first-order valence-electron chi connectivity index (χ1n) is 6.93. The smallest absolute Gasteiger partial charge is 0.202 e. The number of aryl methyl sites for hydroxylation is 2. The zero-order chi connectivity index (χ0) is 14.7. The fraction of sp³-hybridized carbons (Fsp3) is 0.267. The van der Waals surface area contributed by atoms with Gasteiger partial charge < -0.3 is 5.32 Å². The van der Waals surface area contributed by atoms with Crippen LogP contribution in [0.1, 0.15) is 24.0 Å². The van der Waals surface area contributed by atoms with Gasteiger partial charge in [-0.05, 0) is 24.6 Å². The third kappa shape index (κ3) is 3.11. The van der Waals surface area contributed by atoms with Gasteiger partial charge in [-0.1, -0.05) is 25.1 Å². The van der Waals surface area contributed by atoms with Crippen LogP contribution in [0.4, 0.5) is 5.13 Å². The van der Waals surface area contributed by atoms with Crippen LogP contribution in [0.25, 0.3) is 5.69 Å². The van der Waals surface area contributed by atoms with Crippen molar-refractivity contribution in [2.75, 3.05) is 5.32 Å². The highest BCUT2D eigenvalue weighted by Gasteiger charge is 2.07. The van der Waals surface area contributed by atoms with Gasteiger partial charge in [0.15, 0.2) is 0 Å². The van der Waals surface area contributed by atoms with E-state index in [1.807, 2.05) is 36.0 Å². The van der Waals surface area contributed by atoms with Crippen molar-refractivity contribution in [2.24, 2.45) is 0 Å². The van der Waals surface area contributed by atoms with Crippen LogP contribution < -0.4 is 5.32 Å². The highest BCUT2D eigenvalue weighted by Crippen LogP contribution is 2.17. The van der Waals surface area contributed by atoms with Gasteiger partial charge in [0.1, 0.15) is 5.82 Å². The molecule has 0 aliphatic heterocycles. The van der Waals surface area contributed by atoms with E-state index in [2.05, 4.69) is 38.8 Å². The van der Waals surface area contributed by atoms with Crippen molar-refractivity contribution in [3.63, 3.8) is 0 Å². The SMILES string of the molecule is CCc1nsc(NCc2ccccc2-n2ccc(C)n2)n1. The highest BCUT2D eigenvalue weighted by molar-refractivity contribution is 7.09. The summed E-state index contributed by atoms with van der Waals surface area (Å²) in [6.45, 7) is 4.75. The van der Waals surface area contributed by atoms with E-state index in [-0.39, 0.29) is 0 Å². The molecule has 0 radical (unpaired) electrons. The standard InChI is InChI=1S/C15H17N5S/c1-3-14-17-15(21-19-14)16-10-12-6-4-5-7-13(12)20-9-8-11(2)18-20/h4-9H,3,10H2,1-2H3,(H,16,17,19). The average Bonchev–Trinajstić information content (AvgIpc) is 3.14. The molecule has 3 rings (SSSR count). The molecule has 1 N–H and O–H groups in total. The Morgan fingerprint density at radius 1 is 1.24 bits per heavy atom. The van der Waals surface area contributed by atoms with Gasteiger partial charge in [-0.2, -0.15) is 9.47 Å². The molecule has 0 bridgehead atoms. The van der Waals surface area contributed by atoms with Crippen molar-refractivity contribution in [1.82, 2.24) is 19.1 Å². The number of nitrogens with one attached hydrogen (secondary N) is 1. The molecule has 0 amide bonds. The molecule has 0 unspecified atom stereocenters. The number of anilines is 1. The summed E-state index contributed by atoms with van der Waals surface area (Å²) in [5, 5.41) is 8.67. The van der Waals surface area contributed by atoms with E-state index in [9.17, 15) is 0 Å². The van der Waals surface area contributed by atoms with Crippen molar-refractivity contribution in [1.29, 1.82) is 0 Å². The second kappa shape index (κ2) is 6.05. The first-order valence-corrected chi connectivity index (χ1v) is 7.70. The summed E-state index contributed by atoms with van der Waals surface area (Å²) >= 11 is 1.40. The predicted molar refractivity (Wildman–Crippen MR) is 84.9 cm³/mol. The van der Waals surface area contributed by atoms with Crippen LogP contribution in [-0.2, 0) is 13.0 Å². The topological polar surface area (TPSA) is 55.6 Å². The number of nitrogens with zero attached hydrogens (tertiary/aromatic N) is 4. The molecule has 0 aliphatic rings. The molecular formula is C15H17N5S. The fourth-order valence-electron chi connectivity index (χ4n) is 2.07. The Hall–Kier alpha value is -2.21. The minimum Gasteiger partial charge on any atom is -0.356 e. The molecular weight excluding hydrogens is 282 g/mol. The Balaban J connectivity index is 1.79. The van der Waals surface area contributed by atoms with Crippen LogP contribution in [0.5, 0.6) is 0 Å². The summed E-state index contributed by atoms with van der Waals surface area (Å²) in [4.78, 5) is 4.42. The van der Waals surface area contributed by atoms with Gasteiger partial charge in [-0.25, -0.2) is 9.67 Å².